The standard InChI is InChI=1S/C20H26N2O2S/c1-20(2,3)15-10-14(19(23)24)11-22(12-15)13-16-7-8-18(25-16)17-6-4-5-9-21-17/h4-9,14-15H,10-13H2,1-3H3,(H,23,24). The molecule has 2 aromatic heterocycles. The van der Waals surface area contributed by atoms with Crippen LogP contribution in [0.2, 0.25) is 0 Å². The van der Waals surface area contributed by atoms with Crippen molar-refractivity contribution in [3.63, 3.8) is 0 Å². The van der Waals surface area contributed by atoms with Gasteiger partial charge in [0, 0.05) is 30.7 Å². The van der Waals surface area contributed by atoms with Crippen LogP contribution < -0.4 is 0 Å². The Kier molecular flexibility index (Phi) is 5.25. The summed E-state index contributed by atoms with van der Waals surface area (Å²) in [4.78, 5) is 20.7. The highest BCUT2D eigenvalue weighted by molar-refractivity contribution is 7.15. The monoisotopic (exact) mass is 358 g/mol. The molecule has 0 bridgehead atoms. The zero-order chi connectivity index (χ0) is 18.0. The van der Waals surface area contributed by atoms with Gasteiger partial charge in [-0.15, -0.1) is 11.3 Å². The molecule has 2 unspecified atom stereocenters. The average molecular weight is 359 g/mol. The van der Waals surface area contributed by atoms with Crippen molar-refractivity contribution in [3.8, 4) is 10.6 Å². The van der Waals surface area contributed by atoms with Gasteiger partial charge in [0.05, 0.1) is 16.5 Å². The summed E-state index contributed by atoms with van der Waals surface area (Å²) >= 11 is 1.75. The molecule has 5 heteroatoms. The molecule has 0 radical (unpaired) electrons. The Bertz CT molecular complexity index is 721. The molecule has 0 amide bonds. The summed E-state index contributed by atoms with van der Waals surface area (Å²) in [6.07, 6.45) is 2.59. The zero-order valence-electron chi connectivity index (χ0n) is 15.1. The maximum atomic E-state index is 11.6. The van der Waals surface area contributed by atoms with E-state index >= 15 is 0 Å². The summed E-state index contributed by atoms with van der Waals surface area (Å²) in [5.41, 5.74) is 1.12. The Morgan fingerprint density at radius 3 is 2.72 bits per heavy atom. The Balaban J connectivity index is 1.73. The molecular weight excluding hydrogens is 332 g/mol. The van der Waals surface area contributed by atoms with Crippen LogP contribution in [0, 0.1) is 17.3 Å². The van der Waals surface area contributed by atoms with Crippen LogP contribution in [-0.2, 0) is 11.3 Å². The molecule has 3 rings (SSSR count). The van der Waals surface area contributed by atoms with E-state index in [2.05, 4.69) is 42.8 Å². The maximum Gasteiger partial charge on any atom is 0.307 e. The van der Waals surface area contributed by atoms with Gasteiger partial charge in [-0.2, -0.15) is 0 Å². The first-order valence-corrected chi connectivity index (χ1v) is 9.60. The van der Waals surface area contributed by atoms with E-state index in [0.29, 0.717) is 12.5 Å². The quantitative estimate of drug-likeness (QED) is 0.881. The maximum absolute atomic E-state index is 11.6. The topological polar surface area (TPSA) is 53.4 Å². The second kappa shape index (κ2) is 7.26. The highest BCUT2D eigenvalue weighted by atomic mass is 32.1. The lowest BCUT2D eigenvalue weighted by Gasteiger charge is -2.42. The molecule has 1 aliphatic rings. The molecule has 2 aromatic rings. The summed E-state index contributed by atoms with van der Waals surface area (Å²) in [5.74, 6) is -0.537. The number of carboxylic acid groups (broad SMARTS) is 1. The van der Waals surface area contributed by atoms with E-state index in [1.807, 2.05) is 24.4 Å². The van der Waals surface area contributed by atoms with Crippen molar-refractivity contribution in [2.75, 3.05) is 13.1 Å². The molecule has 0 aromatic carbocycles. The molecule has 3 heterocycles. The van der Waals surface area contributed by atoms with E-state index in [9.17, 15) is 9.90 Å². The second-order valence-corrected chi connectivity index (χ2v) is 9.18. The van der Waals surface area contributed by atoms with Gasteiger partial charge in [0.25, 0.3) is 0 Å². The number of hydrogen-bond acceptors (Lipinski definition) is 4. The highest BCUT2D eigenvalue weighted by Gasteiger charge is 2.37. The van der Waals surface area contributed by atoms with Crippen LogP contribution in [0.1, 0.15) is 32.1 Å². The fourth-order valence-electron chi connectivity index (χ4n) is 3.46. The minimum absolute atomic E-state index is 0.126. The molecular formula is C20H26N2O2S. The summed E-state index contributed by atoms with van der Waals surface area (Å²) < 4.78 is 0. The molecule has 0 aliphatic carbocycles. The lowest BCUT2D eigenvalue weighted by atomic mass is 9.73. The van der Waals surface area contributed by atoms with Crippen LogP contribution in [0.3, 0.4) is 0 Å². The van der Waals surface area contributed by atoms with Gasteiger partial charge in [0.2, 0.25) is 0 Å². The van der Waals surface area contributed by atoms with Crippen molar-refractivity contribution in [2.24, 2.45) is 17.3 Å². The number of pyridine rings is 1. The van der Waals surface area contributed by atoms with E-state index in [0.717, 1.165) is 30.1 Å². The first kappa shape index (κ1) is 18.1. The molecule has 1 fully saturated rings. The summed E-state index contributed by atoms with van der Waals surface area (Å²) in [7, 11) is 0. The van der Waals surface area contributed by atoms with Gasteiger partial charge in [-0.3, -0.25) is 14.7 Å². The number of piperidine rings is 1. The molecule has 1 N–H and O–H groups in total. The molecule has 0 spiro atoms. The predicted molar refractivity (Wildman–Crippen MR) is 102 cm³/mol. The third kappa shape index (κ3) is 4.47. The number of carbonyl (C=O) groups is 1. The SMILES string of the molecule is CC(C)(C)C1CC(C(=O)O)CN(Cc2ccc(-c3ccccn3)s2)C1. The van der Waals surface area contributed by atoms with Crippen LogP contribution in [-0.4, -0.2) is 34.0 Å². The third-order valence-electron chi connectivity index (χ3n) is 5.06. The number of aromatic nitrogens is 1. The van der Waals surface area contributed by atoms with E-state index in [-0.39, 0.29) is 11.3 Å². The number of likely N-dealkylation sites (tertiary alicyclic amines) is 1. The van der Waals surface area contributed by atoms with Crippen LogP contribution in [0.4, 0.5) is 0 Å². The summed E-state index contributed by atoms with van der Waals surface area (Å²) in [6.45, 7) is 9.05. The molecule has 134 valence electrons. The van der Waals surface area contributed by atoms with Gasteiger partial charge in [0.15, 0.2) is 0 Å². The van der Waals surface area contributed by atoms with Gasteiger partial charge in [-0.25, -0.2) is 0 Å². The van der Waals surface area contributed by atoms with E-state index in [4.69, 9.17) is 0 Å². The number of hydrogen-bond donors (Lipinski definition) is 1. The molecule has 2 atom stereocenters. The van der Waals surface area contributed by atoms with E-state index in [1.54, 1.807) is 11.3 Å². The number of carboxylic acids is 1. The smallest absolute Gasteiger partial charge is 0.307 e. The van der Waals surface area contributed by atoms with Crippen molar-refractivity contribution < 1.29 is 9.90 Å². The Morgan fingerprint density at radius 2 is 2.08 bits per heavy atom. The van der Waals surface area contributed by atoms with Crippen molar-refractivity contribution >= 4 is 17.3 Å². The predicted octanol–water partition coefficient (Wildman–Crippen LogP) is 4.38. The minimum Gasteiger partial charge on any atom is -0.481 e. The lowest BCUT2D eigenvalue weighted by molar-refractivity contribution is -0.145. The molecule has 0 saturated carbocycles. The van der Waals surface area contributed by atoms with Crippen LogP contribution in [0.15, 0.2) is 36.5 Å². The molecule has 1 saturated heterocycles. The third-order valence-corrected chi connectivity index (χ3v) is 6.15. The first-order chi connectivity index (χ1) is 11.8. The summed E-state index contributed by atoms with van der Waals surface area (Å²) in [6, 6.07) is 10.2. The molecule has 25 heavy (non-hydrogen) atoms. The van der Waals surface area contributed by atoms with Gasteiger partial charge in [-0.05, 0) is 42.0 Å². The van der Waals surface area contributed by atoms with Gasteiger partial charge in [0.1, 0.15) is 0 Å². The van der Waals surface area contributed by atoms with Crippen LogP contribution in [0.25, 0.3) is 10.6 Å². The number of aliphatic carboxylic acids is 1. The largest absolute Gasteiger partial charge is 0.481 e. The Labute approximate surface area is 153 Å². The number of thiophene rings is 1. The van der Waals surface area contributed by atoms with Gasteiger partial charge in [-0.1, -0.05) is 26.8 Å². The lowest BCUT2D eigenvalue weighted by Crippen LogP contribution is -2.46. The Morgan fingerprint density at radius 1 is 1.28 bits per heavy atom. The first-order valence-electron chi connectivity index (χ1n) is 8.78. The fraction of sp³-hybridized carbons (Fsp3) is 0.500. The number of nitrogens with zero attached hydrogens (tertiary/aromatic N) is 2. The second-order valence-electron chi connectivity index (χ2n) is 8.01. The normalized spacial score (nSPS) is 22.0. The minimum atomic E-state index is -0.667. The van der Waals surface area contributed by atoms with Gasteiger partial charge >= 0.3 is 5.97 Å². The van der Waals surface area contributed by atoms with Gasteiger partial charge < -0.3 is 5.11 Å². The van der Waals surface area contributed by atoms with E-state index < -0.39 is 5.97 Å². The number of rotatable bonds is 4. The van der Waals surface area contributed by atoms with E-state index in [1.165, 1.54) is 4.88 Å². The van der Waals surface area contributed by atoms with Crippen molar-refractivity contribution in [3.05, 3.63) is 41.4 Å². The van der Waals surface area contributed by atoms with Crippen molar-refractivity contribution in [1.82, 2.24) is 9.88 Å². The van der Waals surface area contributed by atoms with Crippen molar-refractivity contribution in [1.29, 1.82) is 0 Å². The molecule has 4 nitrogen and oxygen atoms in total. The van der Waals surface area contributed by atoms with Crippen molar-refractivity contribution in [2.45, 2.75) is 33.7 Å². The zero-order valence-corrected chi connectivity index (χ0v) is 15.9. The Hall–Kier alpha value is -1.72. The van der Waals surface area contributed by atoms with Crippen LogP contribution in [0.5, 0.6) is 0 Å². The average Bonchev–Trinajstić information content (AvgIpc) is 3.03. The van der Waals surface area contributed by atoms with Crippen LogP contribution >= 0.6 is 11.3 Å². The highest BCUT2D eigenvalue weighted by Crippen LogP contribution is 2.37. The molecule has 1 aliphatic heterocycles. The summed E-state index contributed by atoms with van der Waals surface area (Å²) in [5, 5.41) is 9.53. The fourth-order valence-corrected chi connectivity index (χ4v) is 4.48.